The Morgan fingerprint density at radius 1 is 1.21 bits per heavy atom. The molecular formula is C17H20N6O. The van der Waals surface area contributed by atoms with Crippen molar-refractivity contribution in [1.82, 2.24) is 24.4 Å². The molecule has 1 aliphatic rings. The molecule has 0 spiro atoms. The van der Waals surface area contributed by atoms with Crippen LogP contribution in [0.5, 0.6) is 0 Å². The number of rotatable bonds is 3. The van der Waals surface area contributed by atoms with Crippen molar-refractivity contribution in [3.05, 3.63) is 52.8 Å². The first kappa shape index (κ1) is 14.9. The van der Waals surface area contributed by atoms with Crippen molar-refractivity contribution in [1.29, 1.82) is 0 Å². The van der Waals surface area contributed by atoms with Gasteiger partial charge < -0.3 is 5.32 Å². The minimum absolute atomic E-state index is 0.0184. The average Bonchev–Trinajstić information content (AvgIpc) is 2.98. The van der Waals surface area contributed by atoms with Crippen molar-refractivity contribution < 1.29 is 0 Å². The van der Waals surface area contributed by atoms with Gasteiger partial charge in [-0.1, -0.05) is 0 Å². The molecule has 1 N–H and O–H groups in total. The first-order chi connectivity index (χ1) is 11.7. The second-order valence-corrected chi connectivity index (χ2v) is 6.35. The van der Waals surface area contributed by atoms with Crippen LogP contribution in [0.1, 0.15) is 37.4 Å². The van der Waals surface area contributed by atoms with E-state index in [1.165, 1.54) is 0 Å². The lowest BCUT2D eigenvalue weighted by molar-refractivity contribution is 0.303. The van der Waals surface area contributed by atoms with Gasteiger partial charge in [0.15, 0.2) is 5.82 Å². The normalized spacial score (nSPS) is 21.0. The summed E-state index contributed by atoms with van der Waals surface area (Å²) in [7, 11) is 0. The van der Waals surface area contributed by atoms with E-state index in [9.17, 15) is 4.79 Å². The monoisotopic (exact) mass is 324 g/mol. The van der Waals surface area contributed by atoms with Gasteiger partial charge in [-0.05, 0) is 44.7 Å². The van der Waals surface area contributed by atoms with E-state index < -0.39 is 0 Å². The fourth-order valence-electron chi connectivity index (χ4n) is 3.46. The number of aromatic nitrogens is 5. The highest BCUT2D eigenvalue weighted by Gasteiger charge is 2.24. The Morgan fingerprint density at radius 2 is 2.04 bits per heavy atom. The molecule has 0 atom stereocenters. The highest BCUT2D eigenvalue weighted by molar-refractivity contribution is 5.68. The van der Waals surface area contributed by atoms with Gasteiger partial charge in [0.2, 0.25) is 0 Å². The lowest BCUT2D eigenvalue weighted by Gasteiger charge is -2.29. The van der Waals surface area contributed by atoms with Crippen LogP contribution in [0.2, 0.25) is 0 Å². The third-order valence-electron chi connectivity index (χ3n) is 4.64. The van der Waals surface area contributed by atoms with Gasteiger partial charge in [-0.25, -0.2) is 14.2 Å². The molecule has 4 rings (SSSR count). The standard InChI is InChI=1S/C17H20N6O/c1-12-11-15-17(18-9-10-22(15)21-12)20-13-4-6-14(7-5-13)23-16(24)3-2-8-19-23/h2-3,8-11,13-14H,4-7H2,1H3,(H,18,20). The lowest BCUT2D eigenvalue weighted by atomic mass is 9.91. The van der Waals surface area contributed by atoms with Crippen LogP contribution in [0.4, 0.5) is 5.82 Å². The Balaban J connectivity index is 1.46. The van der Waals surface area contributed by atoms with E-state index in [-0.39, 0.29) is 11.6 Å². The summed E-state index contributed by atoms with van der Waals surface area (Å²) in [6, 6.07) is 5.84. The molecule has 0 unspecified atom stereocenters. The Hall–Kier alpha value is -2.70. The van der Waals surface area contributed by atoms with Gasteiger partial charge in [0.05, 0.1) is 11.7 Å². The maximum atomic E-state index is 11.9. The quantitative estimate of drug-likeness (QED) is 0.799. The van der Waals surface area contributed by atoms with Crippen LogP contribution in [-0.2, 0) is 0 Å². The third kappa shape index (κ3) is 2.77. The summed E-state index contributed by atoms with van der Waals surface area (Å²) in [5.41, 5.74) is 1.96. The number of hydrogen-bond donors (Lipinski definition) is 1. The summed E-state index contributed by atoms with van der Waals surface area (Å²) >= 11 is 0. The summed E-state index contributed by atoms with van der Waals surface area (Å²) in [5, 5.41) is 12.2. The number of fused-ring (bicyclic) bond motifs is 1. The SMILES string of the molecule is Cc1cc2c(NC3CCC(n4ncccc4=O)CC3)nccn2n1. The number of nitrogens with zero attached hydrogens (tertiary/aromatic N) is 5. The zero-order valence-electron chi connectivity index (χ0n) is 13.6. The molecule has 0 aliphatic heterocycles. The molecule has 24 heavy (non-hydrogen) atoms. The number of nitrogens with one attached hydrogen (secondary N) is 1. The first-order valence-electron chi connectivity index (χ1n) is 8.32. The topological polar surface area (TPSA) is 77.1 Å². The van der Waals surface area contributed by atoms with Gasteiger partial charge in [-0.2, -0.15) is 10.2 Å². The summed E-state index contributed by atoms with van der Waals surface area (Å²) in [4.78, 5) is 16.4. The van der Waals surface area contributed by atoms with Crippen LogP contribution in [0.15, 0.2) is 41.6 Å². The molecule has 1 fully saturated rings. The minimum Gasteiger partial charge on any atom is -0.366 e. The van der Waals surface area contributed by atoms with E-state index in [0.29, 0.717) is 6.04 Å². The van der Waals surface area contributed by atoms with Gasteiger partial charge in [0.25, 0.3) is 5.56 Å². The molecule has 0 aromatic carbocycles. The lowest BCUT2D eigenvalue weighted by Crippen LogP contribution is -2.33. The van der Waals surface area contributed by atoms with Crippen LogP contribution in [0.25, 0.3) is 5.52 Å². The molecule has 7 heteroatoms. The Morgan fingerprint density at radius 3 is 2.83 bits per heavy atom. The summed E-state index contributed by atoms with van der Waals surface area (Å²) in [6.45, 7) is 1.98. The third-order valence-corrected chi connectivity index (χ3v) is 4.64. The molecule has 3 heterocycles. The molecule has 0 bridgehead atoms. The average molecular weight is 324 g/mol. The minimum atomic E-state index is -0.0184. The highest BCUT2D eigenvalue weighted by atomic mass is 16.1. The fraction of sp³-hybridized carbons (Fsp3) is 0.412. The molecule has 124 valence electrons. The van der Waals surface area contributed by atoms with Gasteiger partial charge in [0, 0.05) is 30.7 Å². The number of hydrogen-bond acceptors (Lipinski definition) is 5. The molecule has 0 amide bonds. The molecule has 3 aromatic rings. The molecular weight excluding hydrogens is 304 g/mol. The molecule has 0 saturated heterocycles. The highest BCUT2D eigenvalue weighted by Crippen LogP contribution is 2.29. The maximum absolute atomic E-state index is 11.9. The van der Waals surface area contributed by atoms with Crippen molar-refractivity contribution in [2.24, 2.45) is 0 Å². The van der Waals surface area contributed by atoms with E-state index in [1.54, 1.807) is 29.2 Å². The van der Waals surface area contributed by atoms with Crippen molar-refractivity contribution in [2.75, 3.05) is 5.32 Å². The van der Waals surface area contributed by atoms with Crippen molar-refractivity contribution in [3.63, 3.8) is 0 Å². The van der Waals surface area contributed by atoms with Crippen molar-refractivity contribution in [3.8, 4) is 0 Å². The Labute approximate surface area is 139 Å². The largest absolute Gasteiger partial charge is 0.366 e. The van der Waals surface area contributed by atoms with Gasteiger partial charge >= 0.3 is 0 Å². The number of anilines is 1. The van der Waals surface area contributed by atoms with Gasteiger partial charge in [-0.15, -0.1) is 0 Å². The van der Waals surface area contributed by atoms with Crippen LogP contribution < -0.4 is 10.9 Å². The maximum Gasteiger partial charge on any atom is 0.266 e. The predicted octanol–water partition coefficient (Wildman–Crippen LogP) is 2.19. The van der Waals surface area contributed by atoms with Crippen LogP contribution >= 0.6 is 0 Å². The van der Waals surface area contributed by atoms with E-state index in [0.717, 1.165) is 42.7 Å². The Bertz CT molecular complexity index is 907. The first-order valence-corrected chi connectivity index (χ1v) is 8.32. The zero-order valence-corrected chi connectivity index (χ0v) is 13.6. The van der Waals surface area contributed by atoms with E-state index >= 15 is 0 Å². The zero-order chi connectivity index (χ0) is 16.5. The summed E-state index contributed by atoms with van der Waals surface area (Å²) in [6.07, 6.45) is 9.16. The molecule has 7 nitrogen and oxygen atoms in total. The predicted molar refractivity (Wildman–Crippen MR) is 91.1 cm³/mol. The summed E-state index contributed by atoms with van der Waals surface area (Å²) < 4.78 is 3.47. The molecule has 3 aromatic heterocycles. The van der Waals surface area contributed by atoms with Crippen molar-refractivity contribution in [2.45, 2.75) is 44.7 Å². The molecule has 1 saturated carbocycles. The van der Waals surface area contributed by atoms with Gasteiger partial charge in [0.1, 0.15) is 5.52 Å². The number of aryl methyl sites for hydroxylation is 1. The van der Waals surface area contributed by atoms with E-state index in [1.807, 2.05) is 23.7 Å². The molecule has 1 aliphatic carbocycles. The van der Waals surface area contributed by atoms with Crippen molar-refractivity contribution >= 4 is 11.3 Å². The van der Waals surface area contributed by atoms with Crippen LogP contribution in [0, 0.1) is 6.92 Å². The van der Waals surface area contributed by atoms with Crippen LogP contribution in [0.3, 0.4) is 0 Å². The Kier molecular flexibility index (Phi) is 3.76. The fourth-order valence-corrected chi connectivity index (χ4v) is 3.46. The van der Waals surface area contributed by atoms with Gasteiger partial charge in [-0.3, -0.25) is 4.79 Å². The van der Waals surface area contributed by atoms with E-state index in [4.69, 9.17) is 0 Å². The van der Waals surface area contributed by atoms with Crippen LogP contribution in [-0.4, -0.2) is 30.4 Å². The summed E-state index contributed by atoms with van der Waals surface area (Å²) in [5.74, 6) is 0.872. The second-order valence-electron chi connectivity index (χ2n) is 6.35. The molecule has 0 radical (unpaired) electrons. The van der Waals surface area contributed by atoms with E-state index in [2.05, 4.69) is 20.5 Å². The smallest absolute Gasteiger partial charge is 0.266 e. The second kappa shape index (κ2) is 6.07.